The number of rotatable bonds is 15. The SMILES string of the molecule is C=CCc1cc(OC)c(Oc2ccc(C(=O)O)c(C(=O)O)c2)c(-c2cc(CC=C)cc(OC)c2Oc2ccc(C(=O)O)c(C(=O)O)c2)c1. The van der Waals surface area contributed by atoms with E-state index < -0.39 is 46.1 Å². The molecule has 4 N–H and O–H groups in total. The first-order chi connectivity index (χ1) is 22.9. The molecular formula is C36H30O12. The second-order valence-electron chi connectivity index (χ2n) is 10.2. The van der Waals surface area contributed by atoms with E-state index in [-0.39, 0.29) is 34.5 Å². The lowest BCUT2D eigenvalue weighted by molar-refractivity contribution is 0.0651. The van der Waals surface area contributed by atoms with Gasteiger partial charge >= 0.3 is 23.9 Å². The highest BCUT2D eigenvalue weighted by atomic mass is 16.5. The van der Waals surface area contributed by atoms with Gasteiger partial charge in [-0.05, 0) is 84.6 Å². The summed E-state index contributed by atoms with van der Waals surface area (Å²) in [6, 6.07) is 13.9. The lowest BCUT2D eigenvalue weighted by Crippen LogP contribution is -2.08. The molecule has 4 aromatic rings. The third kappa shape index (κ3) is 7.29. The molecular weight excluding hydrogens is 624 g/mol. The summed E-state index contributed by atoms with van der Waals surface area (Å²) in [6.45, 7) is 7.63. The van der Waals surface area contributed by atoms with Crippen LogP contribution in [0.15, 0.2) is 86.0 Å². The van der Waals surface area contributed by atoms with Crippen LogP contribution < -0.4 is 18.9 Å². The van der Waals surface area contributed by atoms with Gasteiger partial charge in [-0.2, -0.15) is 0 Å². The largest absolute Gasteiger partial charge is 0.493 e. The Morgan fingerprint density at radius 2 is 0.917 bits per heavy atom. The van der Waals surface area contributed by atoms with Gasteiger partial charge < -0.3 is 39.4 Å². The van der Waals surface area contributed by atoms with Crippen molar-refractivity contribution in [1.29, 1.82) is 0 Å². The summed E-state index contributed by atoms with van der Waals surface area (Å²) in [5, 5.41) is 38.3. The van der Waals surface area contributed by atoms with Crippen LogP contribution in [0.25, 0.3) is 11.1 Å². The third-order valence-electron chi connectivity index (χ3n) is 7.06. The zero-order valence-corrected chi connectivity index (χ0v) is 25.8. The van der Waals surface area contributed by atoms with Crippen molar-refractivity contribution < 1.29 is 58.6 Å². The van der Waals surface area contributed by atoms with Crippen molar-refractivity contribution in [3.8, 4) is 45.6 Å². The summed E-state index contributed by atoms with van der Waals surface area (Å²) in [4.78, 5) is 47.1. The molecule has 0 bridgehead atoms. The van der Waals surface area contributed by atoms with Crippen molar-refractivity contribution in [3.05, 3.63) is 119 Å². The van der Waals surface area contributed by atoms with Crippen LogP contribution in [0.5, 0.6) is 34.5 Å². The molecule has 0 unspecified atom stereocenters. The fraction of sp³-hybridized carbons (Fsp3) is 0.111. The average Bonchev–Trinajstić information content (AvgIpc) is 3.05. The fourth-order valence-electron chi connectivity index (χ4n) is 4.94. The number of methoxy groups -OCH3 is 2. The monoisotopic (exact) mass is 654 g/mol. The summed E-state index contributed by atoms with van der Waals surface area (Å²) in [5.41, 5.74) is 0.328. The Morgan fingerprint density at radius 1 is 0.562 bits per heavy atom. The molecule has 0 aromatic heterocycles. The minimum atomic E-state index is -1.47. The second-order valence-corrected chi connectivity index (χ2v) is 10.2. The Bertz CT molecular complexity index is 1820. The Labute approximate surface area is 274 Å². The molecule has 4 aromatic carbocycles. The predicted octanol–water partition coefficient (Wildman–Crippen LogP) is 7.21. The van der Waals surface area contributed by atoms with E-state index in [1.807, 2.05) is 0 Å². The van der Waals surface area contributed by atoms with E-state index in [4.69, 9.17) is 18.9 Å². The van der Waals surface area contributed by atoms with E-state index in [9.17, 15) is 39.6 Å². The topological polar surface area (TPSA) is 186 Å². The number of hydrogen-bond donors (Lipinski definition) is 4. The van der Waals surface area contributed by atoms with Crippen molar-refractivity contribution in [1.82, 2.24) is 0 Å². The number of ether oxygens (including phenoxy) is 4. The van der Waals surface area contributed by atoms with Crippen molar-refractivity contribution in [2.75, 3.05) is 14.2 Å². The minimum Gasteiger partial charge on any atom is -0.493 e. The van der Waals surface area contributed by atoms with Gasteiger partial charge in [-0.25, -0.2) is 19.2 Å². The number of carboxylic acid groups (broad SMARTS) is 4. The van der Waals surface area contributed by atoms with E-state index in [0.717, 1.165) is 35.4 Å². The smallest absolute Gasteiger partial charge is 0.336 e. The van der Waals surface area contributed by atoms with Crippen molar-refractivity contribution in [3.63, 3.8) is 0 Å². The molecule has 12 heteroatoms. The molecule has 4 rings (SSSR count). The molecule has 0 saturated heterocycles. The third-order valence-corrected chi connectivity index (χ3v) is 7.06. The first-order valence-corrected chi connectivity index (χ1v) is 14.1. The minimum absolute atomic E-state index is 0.0135. The summed E-state index contributed by atoms with van der Waals surface area (Å²) in [5.74, 6) is -5.19. The van der Waals surface area contributed by atoms with Crippen molar-refractivity contribution >= 4 is 23.9 Å². The zero-order valence-electron chi connectivity index (χ0n) is 25.8. The van der Waals surface area contributed by atoms with Crippen LogP contribution in [0.2, 0.25) is 0 Å². The van der Waals surface area contributed by atoms with E-state index in [0.29, 0.717) is 24.0 Å². The molecule has 48 heavy (non-hydrogen) atoms. The van der Waals surface area contributed by atoms with Crippen LogP contribution in [-0.2, 0) is 12.8 Å². The number of carboxylic acids is 4. The quantitative estimate of drug-likeness (QED) is 0.0946. The first kappa shape index (κ1) is 34.3. The van der Waals surface area contributed by atoms with Gasteiger partial charge in [0.15, 0.2) is 23.0 Å². The summed E-state index contributed by atoms with van der Waals surface area (Å²) in [6.07, 6.45) is 4.15. The van der Waals surface area contributed by atoms with E-state index in [2.05, 4.69) is 13.2 Å². The number of aromatic carboxylic acids is 4. The number of carbonyl (C=O) groups is 4. The van der Waals surface area contributed by atoms with Crippen molar-refractivity contribution in [2.24, 2.45) is 0 Å². The van der Waals surface area contributed by atoms with Gasteiger partial charge in [-0.1, -0.05) is 12.2 Å². The highest BCUT2D eigenvalue weighted by molar-refractivity contribution is 6.02. The van der Waals surface area contributed by atoms with Crippen LogP contribution in [-0.4, -0.2) is 58.5 Å². The van der Waals surface area contributed by atoms with Crippen LogP contribution in [0.3, 0.4) is 0 Å². The van der Waals surface area contributed by atoms with Gasteiger partial charge in [0, 0.05) is 11.1 Å². The Morgan fingerprint density at radius 3 is 1.21 bits per heavy atom. The lowest BCUT2D eigenvalue weighted by Gasteiger charge is -2.21. The van der Waals surface area contributed by atoms with E-state index in [1.54, 1.807) is 36.4 Å². The lowest BCUT2D eigenvalue weighted by atomic mass is 9.95. The van der Waals surface area contributed by atoms with Crippen LogP contribution in [0, 0.1) is 0 Å². The molecule has 0 spiro atoms. The predicted molar refractivity (Wildman–Crippen MR) is 174 cm³/mol. The van der Waals surface area contributed by atoms with Gasteiger partial charge in [0.2, 0.25) is 0 Å². The maximum Gasteiger partial charge on any atom is 0.336 e. The molecule has 0 aliphatic carbocycles. The molecule has 246 valence electrons. The normalized spacial score (nSPS) is 10.5. The molecule has 0 saturated carbocycles. The van der Waals surface area contributed by atoms with Crippen LogP contribution >= 0.6 is 0 Å². The Balaban J connectivity index is 2.03. The molecule has 0 radical (unpaired) electrons. The summed E-state index contributed by atoms with van der Waals surface area (Å²) in [7, 11) is 2.81. The van der Waals surface area contributed by atoms with Gasteiger partial charge in [0.1, 0.15) is 11.5 Å². The molecule has 0 atom stereocenters. The van der Waals surface area contributed by atoms with Crippen LogP contribution in [0.4, 0.5) is 0 Å². The van der Waals surface area contributed by atoms with E-state index in [1.165, 1.54) is 26.4 Å². The van der Waals surface area contributed by atoms with E-state index >= 15 is 0 Å². The van der Waals surface area contributed by atoms with Gasteiger partial charge in [-0.15, -0.1) is 13.2 Å². The van der Waals surface area contributed by atoms with Gasteiger partial charge in [0.25, 0.3) is 0 Å². The second kappa shape index (κ2) is 14.7. The molecule has 0 aliphatic rings. The molecule has 0 fully saturated rings. The molecule has 0 aliphatic heterocycles. The molecule has 0 heterocycles. The summed E-state index contributed by atoms with van der Waals surface area (Å²) < 4.78 is 23.9. The molecule has 12 nitrogen and oxygen atoms in total. The van der Waals surface area contributed by atoms with Gasteiger partial charge in [-0.3, -0.25) is 0 Å². The Hall–Kier alpha value is -6.56. The van der Waals surface area contributed by atoms with Gasteiger partial charge in [0.05, 0.1) is 36.5 Å². The number of allylic oxidation sites excluding steroid dienone is 2. The maximum atomic E-state index is 11.9. The standard InChI is InChI=1S/C36H30O12/c1-5-7-19-13-25(31(29(15-19)45-3)47-21-9-11-23(33(37)38)27(17-21)35(41)42)26-14-20(8-6-2)16-30(46-4)32(26)48-22-10-12-24(34(39)40)28(18-22)36(43)44/h5-6,9-18H,1-2,7-8H2,3-4H3,(H,37,38)(H,39,40)(H,41,42)(H,43,44). The fourth-order valence-corrected chi connectivity index (χ4v) is 4.94. The molecule has 0 amide bonds. The Kier molecular flexibility index (Phi) is 10.5. The first-order valence-electron chi connectivity index (χ1n) is 14.1. The highest BCUT2D eigenvalue weighted by Crippen LogP contribution is 2.49. The number of hydrogen-bond acceptors (Lipinski definition) is 8. The van der Waals surface area contributed by atoms with Crippen molar-refractivity contribution in [2.45, 2.75) is 12.8 Å². The highest BCUT2D eigenvalue weighted by Gasteiger charge is 2.25. The zero-order chi connectivity index (χ0) is 35.1. The number of benzene rings is 4. The summed E-state index contributed by atoms with van der Waals surface area (Å²) >= 11 is 0. The maximum absolute atomic E-state index is 11.9. The average molecular weight is 655 g/mol. The van der Waals surface area contributed by atoms with Crippen LogP contribution in [0.1, 0.15) is 52.6 Å².